The van der Waals surface area contributed by atoms with Crippen molar-refractivity contribution in [1.82, 2.24) is 9.97 Å². The van der Waals surface area contributed by atoms with Crippen LogP contribution in [0.5, 0.6) is 0 Å². The highest BCUT2D eigenvalue weighted by Crippen LogP contribution is 2.30. The molecule has 0 N–H and O–H groups in total. The predicted molar refractivity (Wildman–Crippen MR) is 65.9 cm³/mol. The number of aryl methyl sites for hydroxylation is 1. The molecular formula is C13H8F3N3O2. The molecule has 108 valence electrons. The number of nitrogens with zero attached hydrogens (tertiary/aromatic N) is 3. The van der Waals surface area contributed by atoms with Crippen LogP contribution >= 0.6 is 0 Å². The molecule has 0 aliphatic heterocycles. The normalized spacial score (nSPS) is 12.0. The topological polar surface area (TPSA) is 65.9 Å². The van der Waals surface area contributed by atoms with Crippen LogP contribution in [0, 0.1) is 12.1 Å². The average Bonchev–Trinajstić information content (AvgIpc) is 2.79. The second-order valence-corrected chi connectivity index (χ2v) is 4.44. The number of fused-ring (bicyclic) bond motifs is 1. The molecule has 0 aliphatic rings. The maximum absolute atomic E-state index is 12.6. The fourth-order valence-electron chi connectivity index (χ4n) is 1.91. The summed E-state index contributed by atoms with van der Waals surface area (Å²) in [5.74, 6) is 0.120. The maximum Gasteiger partial charge on any atom is 0.433 e. The molecule has 0 unspecified atom stereocenters. The van der Waals surface area contributed by atoms with Crippen molar-refractivity contribution in [3.05, 3.63) is 47.1 Å². The lowest BCUT2D eigenvalue weighted by Crippen LogP contribution is -2.24. The van der Waals surface area contributed by atoms with Gasteiger partial charge in [0, 0.05) is 11.6 Å². The third-order valence-electron chi connectivity index (χ3n) is 2.91. The van der Waals surface area contributed by atoms with Crippen LogP contribution in [-0.2, 0) is 6.18 Å². The van der Waals surface area contributed by atoms with E-state index in [1.165, 1.54) is 24.5 Å². The molecule has 5 nitrogen and oxygen atoms in total. The van der Waals surface area contributed by atoms with Crippen LogP contribution in [0.3, 0.4) is 0 Å². The lowest BCUT2D eigenvalue weighted by atomic mass is 10.1. The smallest absolute Gasteiger partial charge is 0.433 e. The van der Waals surface area contributed by atoms with Crippen molar-refractivity contribution in [3.8, 4) is 11.5 Å². The Labute approximate surface area is 116 Å². The van der Waals surface area contributed by atoms with Crippen LogP contribution in [0.25, 0.3) is 22.7 Å². The lowest BCUT2D eigenvalue weighted by Gasteiger charge is -2.03. The van der Waals surface area contributed by atoms with E-state index in [4.69, 9.17) is 4.42 Å². The van der Waals surface area contributed by atoms with E-state index < -0.39 is 11.9 Å². The monoisotopic (exact) mass is 295 g/mol. The van der Waals surface area contributed by atoms with Crippen molar-refractivity contribution in [2.45, 2.75) is 13.1 Å². The van der Waals surface area contributed by atoms with Crippen LogP contribution in [0.1, 0.15) is 11.3 Å². The zero-order valence-electron chi connectivity index (χ0n) is 10.7. The Bertz CT molecular complexity index is 827. The Morgan fingerprint density at radius 1 is 1.19 bits per heavy atom. The molecule has 0 saturated heterocycles. The van der Waals surface area contributed by atoms with Gasteiger partial charge < -0.3 is 9.62 Å². The van der Waals surface area contributed by atoms with Crippen LogP contribution in [0.4, 0.5) is 13.2 Å². The zero-order chi connectivity index (χ0) is 15.2. The molecule has 3 aromatic heterocycles. The summed E-state index contributed by atoms with van der Waals surface area (Å²) in [7, 11) is 0. The summed E-state index contributed by atoms with van der Waals surface area (Å²) < 4.78 is 43.7. The molecule has 0 aromatic carbocycles. The number of rotatable bonds is 1. The number of aromatic nitrogens is 3. The lowest BCUT2D eigenvalue weighted by molar-refractivity contribution is -0.605. The number of hydrogen-bond acceptors (Lipinski definition) is 4. The minimum atomic E-state index is -4.54. The van der Waals surface area contributed by atoms with Gasteiger partial charge >= 0.3 is 6.18 Å². The molecular weight excluding hydrogens is 287 g/mol. The van der Waals surface area contributed by atoms with Gasteiger partial charge in [0.1, 0.15) is 11.2 Å². The molecule has 0 radical (unpaired) electrons. The van der Waals surface area contributed by atoms with E-state index in [1.807, 2.05) is 0 Å². The number of hydrogen-bond donors (Lipinski definition) is 0. The summed E-state index contributed by atoms with van der Waals surface area (Å²) in [6.45, 7) is 1.67. The molecule has 8 heteroatoms. The number of alkyl halides is 3. The van der Waals surface area contributed by atoms with E-state index >= 15 is 0 Å². The van der Waals surface area contributed by atoms with Crippen molar-refractivity contribution in [1.29, 1.82) is 0 Å². The summed E-state index contributed by atoms with van der Waals surface area (Å²) >= 11 is 0. The quantitative estimate of drug-likeness (QED) is 0.511. The molecule has 0 fully saturated rings. The molecule has 0 aliphatic carbocycles. The van der Waals surface area contributed by atoms with Crippen molar-refractivity contribution >= 4 is 11.2 Å². The van der Waals surface area contributed by atoms with Gasteiger partial charge in [0.15, 0.2) is 12.4 Å². The Kier molecular flexibility index (Phi) is 2.82. The minimum absolute atomic E-state index is 0.120. The van der Waals surface area contributed by atoms with Crippen molar-refractivity contribution in [2.75, 3.05) is 0 Å². The van der Waals surface area contributed by atoms with Gasteiger partial charge in [-0.1, -0.05) is 0 Å². The van der Waals surface area contributed by atoms with Crippen LogP contribution < -0.4 is 4.73 Å². The standard InChI is InChI=1S/C13H8F3N3O2/c1-7-6-19(20)5-4-8(7)11-17-9-2-3-10(13(14,15)16)18-12(9)21-11/h2-6H,1H3. The Morgan fingerprint density at radius 2 is 1.95 bits per heavy atom. The van der Waals surface area contributed by atoms with Crippen molar-refractivity contribution in [3.63, 3.8) is 0 Å². The van der Waals surface area contributed by atoms with Gasteiger partial charge in [0.05, 0.1) is 5.56 Å². The summed E-state index contributed by atoms with van der Waals surface area (Å²) in [6, 6.07) is 3.53. The van der Waals surface area contributed by atoms with E-state index in [1.54, 1.807) is 6.92 Å². The Morgan fingerprint density at radius 3 is 2.62 bits per heavy atom. The Hall–Kier alpha value is -2.64. The summed E-state index contributed by atoms with van der Waals surface area (Å²) in [6.07, 6.45) is -1.97. The first kappa shape index (κ1) is 13.3. The van der Waals surface area contributed by atoms with Gasteiger partial charge in [0.25, 0.3) is 0 Å². The van der Waals surface area contributed by atoms with Crippen LogP contribution in [0.2, 0.25) is 0 Å². The van der Waals surface area contributed by atoms with Crippen molar-refractivity contribution in [2.24, 2.45) is 0 Å². The van der Waals surface area contributed by atoms with E-state index in [0.29, 0.717) is 15.9 Å². The molecule has 3 aromatic rings. The van der Waals surface area contributed by atoms with Crippen LogP contribution in [-0.4, -0.2) is 9.97 Å². The number of halogens is 3. The molecule has 0 atom stereocenters. The van der Waals surface area contributed by atoms with E-state index in [-0.39, 0.29) is 17.1 Å². The van der Waals surface area contributed by atoms with Gasteiger partial charge in [-0.05, 0) is 19.1 Å². The summed E-state index contributed by atoms with van der Waals surface area (Å²) in [5.41, 5.74) is 0.0953. The molecule has 0 saturated carbocycles. The third-order valence-corrected chi connectivity index (χ3v) is 2.91. The van der Waals surface area contributed by atoms with E-state index in [2.05, 4.69) is 9.97 Å². The fraction of sp³-hybridized carbons (Fsp3) is 0.154. The van der Waals surface area contributed by atoms with Gasteiger partial charge in [-0.2, -0.15) is 17.9 Å². The highest BCUT2D eigenvalue weighted by atomic mass is 19.4. The average molecular weight is 295 g/mol. The zero-order valence-corrected chi connectivity index (χ0v) is 10.7. The molecule has 0 spiro atoms. The third kappa shape index (κ3) is 2.39. The van der Waals surface area contributed by atoms with Crippen molar-refractivity contribution < 1.29 is 22.3 Å². The van der Waals surface area contributed by atoms with Gasteiger partial charge in [-0.3, -0.25) is 0 Å². The summed E-state index contributed by atoms with van der Waals surface area (Å²) in [5, 5.41) is 11.1. The first-order valence-corrected chi connectivity index (χ1v) is 5.89. The molecule has 0 amide bonds. The highest BCUT2D eigenvalue weighted by Gasteiger charge is 2.33. The second-order valence-electron chi connectivity index (χ2n) is 4.44. The van der Waals surface area contributed by atoms with E-state index in [9.17, 15) is 18.4 Å². The highest BCUT2D eigenvalue weighted by molar-refractivity contribution is 5.73. The SMILES string of the molecule is Cc1c[n+]([O-])ccc1-c1nc2ccc(C(F)(F)F)nc2o1. The fourth-order valence-corrected chi connectivity index (χ4v) is 1.91. The predicted octanol–water partition coefficient (Wildman–Crippen LogP) is 2.85. The number of oxazole rings is 1. The Balaban J connectivity index is 2.13. The van der Waals surface area contributed by atoms with Gasteiger partial charge in [0.2, 0.25) is 11.6 Å². The molecule has 3 rings (SSSR count). The molecule has 3 heterocycles. The number of pyridine rings is 2. The molecule has 21 heavy (non-hydrogen) atoms. The van der Waals surface area contributed by atoms with Gasteiger partial charge in [-0.15, -0.1) is 0 Å². The summed E-state index contributed by atoms with van der Waals surface area (Å²) in [4.78, 5) is 7.51. The molecule has 0 bridgehead atoms. The minimum Gasteiger partial charge on any atom is -0.619 e. The second kappa shape index (κ2) is 4.44. The van der Waals surface area contributed by atoms with E-state index in [0.717, 1.165) is 6.07 Å². The first-order valence-electron chi connectivity index (χ1n) is 5.89. The largest absolute Gasteiger partial charge is 0.619 e. The van der Waals surface area contributed by atoms with Crippen LogP contribution in [0.15, 0.2) is 35.0 Å². The first-order chi connectivity index (χ1) is 9.84. The maximum atomic E-state index is 12.6. The van der Waals surface area contributed by atoms with Gasteiger partial charge in [-0.25, -0.2) is 9.97 Å².